The molecule has 1 aromatic rings. The lowest BCUT2D eigenvalue weighted by Crippen LogP contribution is -2.35. The molecule has 1 N–H and O–H groups in total. The lowest BCUT2D eigenvalue weighted by molar-refractivity contribution is 0.589. The molecule has 4 heteroatoms. The van der Waals surface area contributed by atoms with E-state index in [1.165, 1.54) is 62.1 Å². The summed E-state index contributed by atoms with van der Waals surface area (Å²) in [5.41, 5.74) is 2.60. The minimum atomic E-state index is 0.631. The monoisotopic (exact) mass is 276 g/mol. The number of hydrogen-bond donors (Lipinski definition) is 1. The molecule has 1 atom stereocenters. The largest absolute Gasteiger partial charge is 0.354 e. The van der Waals surface area contributed by atoms with Gasteiger partial charge in [-0.2, -0.15) is 5.10 Å². The van der Waals surface area contributed by atoms with Crippen LogP contribution in [0.25, 0.3) is 0 Å². The van der Waals surface area contributed by atoms with E-state index in [1.807, 2.05) is 0 Å². The van der Waals surface area contributed by atoms with E-state index in [9.17, 15) is 0 Å². The summed E-state index contributed by atoms with van der Waals surface area (Å²) in [5.74, 6) is 1.35. The fraction of sp³-hybridized carbons (Fsp3) is 0.812. The molecule has 0 spiro atoms. The van der Waals surface area contributed by atoms with Crippen molar-refractivity contribution < 1.29 is 0 Å². The Hall–Kier alpha value is -1.03. The number of hydrogen-bond acceptors (Lipinski definition) is 3. The van der Waals surface area contributed by atoms with Crippen molar-refractivity contribution in [3.05, 3.63) is 11.3 Å². The summed E-state index contributed by atoms with van der Waals surface area (Å²) >= 11 is 0. The van der Waals surface area contributed by atoms with Crippen LogP contribution in [-0.2, 0) is 13.6 Å². The lowest BCUT2D eigenvalue weighted by Gasteiger charge is -2.30. The van der Waals surface area contributed by atoms with Gasteiger partial charge >= 0.3 is 0 Å². The van der Waals surface area contributed by atoms with Crippen molar-refractivity contribution in [3.8, 4) is 0 Å². The Morgan fingerprint density at radius 2 is 2.00 bits per heavy atom. The molecular formula is C16H28N4. The third kappa shape index (κ3) is 2.85. The van der Waals surface area contributed by atoms with E-state index in [1.54, 1.807) is 0 Å². The molecule has 0 radical (unpaired) electrons. The second kappa shape index (κ2) is 5.76. The Morgan fingerprint density at radius 3 is 2.75 bits per heavy atom. The van der Waals surface area contributed by atoms with Gasteiger partial charge in [0.2, 0.25) is 0 Å². The number of nitrogens with zero attached hydrogens (tertiary/aromatic N) is 3. The summed E-state index contributed by atoms with van der Waals surface area (Å²) in [6.07, 6.45) is 8.03. The average molecular weight is 276 g/mol. The van der Waals surface area contributed by atoms with Crippen molar-refractivity contribution in [2.45, 2.75) is 71.0 Å². The molecule has 0 bridgehead atoms. The summed E-state index contributed by atoms with van der Waals surface area (Å²) in [6.45, 7) is 6.67. The fourth-order valence-corrected chi connectivity index (χ4v) is 3.38. The summed E-state index contributed by atoms with van der Waals surface area (Å²) in [6, 6.07) is 1.39. The molecular weight excluding hydrogens is 248 g/mol. The van der Waals surface area contributed by atoms with Crippen molar-refractivity contribution in [2.24, 2.45) is 7.05 Å². The van der Waals surface area contributed by atoms with Crippen LogP contribution in [-0.4, -0.2) is 28.4 Å². The highest BCUT2D eigenvalue weighted by Gasteiger charge is 2.26. The van der Waals surface area contributed by atoms with Gasteiger partial charge in [0.15, 0.2) is 0 Å². The molecule has 112 valence electrons. The van der Waals surface area contributed by atoms with Gasteiger partial charge in [0.25, 0.3) is 0 Å². The van der Waals surface area contributed by atoms with Gasteiger partial charge in [-0.3, -0.25) is 4.68 Å². The summed E-state index contributed by atoms with van der Waals surface area (Å²) in [7, 11) is 2.10. The zero-order chi connectivity index (χ0) is 14.1. The molecule has 0 amide bonds. The first-order valence-electron chi connectivity index (χ1n) is 8.19. The van der Waals surface area contributed by atoms with Crippen molar-refractivity contribution in [1.29, 1.82) is 0 Å². The van der Waals surface area contributed by atoms with Crippen molar-refractivity contribution in [3.63, 3.8) is 0 Å². The zero-order valence-electron chi connectivity index (χ0n) is 13.2. The first-order valence-corrected chi connectivity index (χ1v) is 8.19. The van der Waals surface area contributed by atoms with Crippen LogP contribution in [0.5, 0.6) is 0 Å². The van der Waals surface area contributed by atoms with Gasteiger partial charge in [0.1, 0.15) is 5.82 Å². The molecule has 1 aromatic heterocycles. The molecule has 20 heavy (non-hydrogen) atoms. The maximum atomic E-state index is 4.68. The third-order valence-electron chi connectivity index (χ3n) is 4.78. The predicted molar refractivity (Wildman–Crippen MR) is 83.1 cm³/mol. The molecule has 1 aliphatic carbocycles. The quantitative estimate of drug-likeness (QED) is 0.918. The molecule has 2 heterocycles. The van der Waals surface area contributed by atoms with Crippen LogP contribution in [0, 0.1) is 6.92 Å². The first-order chi connectivity index (χ1) is 9.66. The summed E-state index contributed by atoms with van der Waals surface area (Å²) < 4.78 is 2.10. The van der Waals surface area contributed by atoms with Gasteiger partial charge in [-0.25, -0.2) is 0 Å². The maximum Gasteiger partial charge on any atom is 0.131 e. The van der Waals surface area contributed by atoms with Gasteiger partial charge in [0.05, 0.1) is 5.69 Å². The molecule has 1 saturated heterocycles. The van der Waals surface area contributed by atoms with Crippen LogP contribution in [0.1, 0.15) is 56.7 Å². The maximum absolute atomic E-state index is 4.68. The van der Waals surface area contributed by atoms with E-state index in [2.05, 4.69) is 40.9 Å². The minimum Gasteiger partial charge on any atom is -0.354 e. The Morgan fingerprint density at radius 1 is 1.20 bits per heavy atom. The average Bonchev–Trinajstić information content (AvgIpc) is 3.20. The van der Waals surface area contributed by atoms with Gasteiger partial charge in [0, 0.05) is 37.8 Å². The summed E-state index contributed by atoms with van der Waals surface area (Å²) in [4.78, 5) is 2.59. The SMILES string of the molecule is Cc1nn(C)c(N2CCCCCC2C)c1CNC1CC1. The highest BCUT2D eigenvalue weighted by Crippen LogP contribution is 2.30. The van der Waals surface area contributed by atoms with E-state index in [0.29, 0.717) is 6.04 Å². The van der Waals surface area contributed by atoms with E-state index in [4.69, 9.17) is 0 Å². The Labute approximate surface area is 122 Å². The molecule has 1 unspecified atom stereocenters. The predicted octanol–water partition coefficient (Wildman–Crippen LogP) is 2.75. The van der Waals surface area contributed by atoms with Crippen LogP contribution in [0.15, 0.2) is 0 Å². The summed E-state index contributed by atoms with van der Waals surface area (Å²) in [5, 5.41) is 8.34. The van der Waals surface area contributed by atoms with Crippen LogP contribution in [0.2, 0.25) is 0 Å². The van der Waals surface area contributed by atoms with E-state index < -0.39 is 0 Å². The fourth-order valence-electron chi connectivity index (χ4n) is 3.38. The van der Waals surface area contributed by atoms with Gasteiger partial charge in [-0.15, -0.1) is 0 Å². The number of anilines is 1. The van der Waals surface area contributed by atoms with Crippen molar-refractivity contribution in [2.75, 3.05) is 11.4 Å². The Balaban J connectivity index is 1.85. The van der Waals surface area contributed by atoms with Gasteiger partial charge in [-0.1, -0.05) is 12.8 Å². The van der Waals surface area contributed by atoms with Crippen LogP contribution in [0.4, 0.5) is 5.82 Å². The van der Waals surface area contributed by atoms with Crippen molar-refractivity contribution >= 4 is 5.82 Å². The van der Waals surface area contributed by atoms with E-state index in [0.717, 1.165) is 12.6 Å². The van der Waals surface area contributed by atoms with Crippen LogP contribution < -0.4 is 10.2 Å². The first kappa shape index (κ1) is 13.9. The molecule has 1 saturated carbocycles. The topological polar surface area (TPSA) is 33.1 Å². The van der Waals surface area contributed by atoms with Crippen molar-refractivity contribution in [1.82, 2.24) is 15.1 Å². The molecule has 2 aliphatic rings. The second-order valence-electron chi connectivity index (χ2n) is 6.56. The Kier molecular flexibility index (Phi) is 4.01. The smallest absolute Gasteiger partial charge is 0.131 e. The number of aryl methyl sites for hydroxylation is 2. The molecule has 2 fully saturated rings. The second-order valence-corrected chi connectivity index (χ2v) is 6.56. The normalized spacial score (nSPS) is 23.9. The van der Waals surface area contributed by atoms with E-state index >= 15 is 0 Å². The molecule has 3 rings (SSSR count). The van der Waals surface area contributed by atoms with Crippen LogP contribution in [0.3, 0.4) is 0 Å². The van der Waals surface area contributed by atoms with Gasteiger partial charge in [-0.05, 0) is 39.5 Å². The standard InChI is InChI=1S/C16H28N4/c1-12-7-5-4-6-10-20(12)16-15(11-17-14-8-9-14)13(2)18-19(16)3/h12,14,17H,4-11H2,1-3H3. The number of rotatable bonds is 4. The lowest BCUT2D eigenvalue weighted by atomic mass is 10.1. The molecule has 0 aromatic carbocycles. The van der Waals surface area contributed by atoms with E-state index in [-0.39, 0.29) is 0 Å². The van der Waals surface area contributed by atoms with Gasteiger partial charge < -0.3 is 10.2 Å². The molecule has 4 nitrogen and oxygen atoms in total. The highest BCUT2D eigenvalue weighted by atomic mass is 15.4. The minimum absolute atomic E-state index is 0.631. The van der Waals surface area contributed by atoms with Crippen LogP contribution >= 0.6 is 0 Å². The third-order valence-corrected chi connectivity index (χ3v) is 4.78. The number of nitrogens with one attached hydrogen (secondary N) is 1. The molecule has 1 aliphatic heterocycles. The number of aromatic nitrogens is 2. The zero-order valence-corrected chi connectivity index (χ0v) is 13.2. The Bertz CT molecular complexity index is 461. The highest BCUT2D eigenvalue weighted by molar-refractivity contribution is 5.51.